The molecule has 1 heterocycles. The van der Waals surface area contributed by atoms with Crippen molar-refractivity contribution in [2.24, 2.45) is 0 Å². The summed E-state index contributed by atoms with van der Waals surface area (Å²) in [5.74, 6) is 0. The van der Waals surface area contributed by atoms with Gasteiger partial charge in [-0.1, -0.05) is 0 Å². The average Bonchev–Trinajstić information content (AvgIpc) is 2.51. The van der Waals surface area contributed by atoms with Crippen LogP contribution in [0.2, 0.25) is 0 Å². The second-order valence-electron chi connectivity index (χ2n) is 2.63. The van der Waals surface area contributed by atoms with Crippen LogP contribution in [-0.2, 0) is 16.1 Å². The number of rotatable bonds is 6. The topological polar surface area (TPSA) is 18.5 Å². The average molecular weight is 265 g/mol. The van der Waals surface area contributed by atoms with E-state index in [1.807, 2.05) is 0 Å². The van der Waals surface area contributed by atoms with Crippen molar-refractivity contribution in [3.8, 4) is 0 Å². The Labute approximate surface area is 91.0 Å². The van der Waals surface area contributed by atoms with Crippen LogP contribution in [0.5, 0.6) is 0 Å². The van der Waals surface area contributed by atoms with E-state index in [1.165, 1.54) is 4.88 Å². The van der Waals surface area contributed by atoms with E-state index in [9.17, 15) is 0 Å². The second-order valence-corrected chi connectivity index (χ2v) is 4.54. The Morgan fingerprint density at radius 1 is 1.46 bits per heavy atom. The minimum absolute atomic E-state index is 0.708. The van der Waals surface area contributed by atoms with Gasteiger partial charge in [-0.2, -0.15) is 0 Å². The van der Waals surface area contributed by atoms with Crippen LogP contribution in [0.4, 0.5) is 0 Å². The lowest BCUT2D eigenvalue weighted by Crippen LogP contribution is -1.98. The Bertz CT molecular complexity index is 237. The molecule has 0 N–H and O–H groups in total. The fraction of sp³-hybridized carbons (Fsp3) is 0.556. The molecule has 0 fully saturated rings. The zero-order valence-corrected chi connectivity index (χ0v) is 9.99. The van der Waals surface area contributed by atoms with Crippen LogP contribution in [-0.4, -0.2) is 20.3 Å². The van der Waals surface area contributed by atoms with Crippen LogP contribution >= 0.6 is 27.3 Å². The van der Waals surface area contributed by atoms with E-state index < -0.39 is 0 Å². The summed E-state index contributed by atoms with van der Waals surface area (Å²) in [7, 11) is 1.70. The SMILES string of the molecule is COCCCOCc1cc(Br)cs1. The van der Waals surface area contributed by atoms with Gasteiger partial charge in [0.25, 0.3) is 0 Å². The monoisotopic (exact) mass is 264 g/mol. The highest BCUT2D eigenvalue weighted by atomic mass is 79.9. The Hall–Kier alpha value is 0.1000. The standard InChI is InChI=1S/C9H13BrO2S/c1-11-3-2-4-12-6-9-5-8(10)7-13-9/h5,7H,2-4,6H2,1H3. The quantitative estimate of drug-likeness (QED) is 0.736. The number of hydrogen-bond donors (Lipinski definition) is 0. The van der Waals surface area contributed by atoms with E-state index in [2.05, 4.69) is 27.4 Å². The van der Waals surface area contributed by atoms with Gasteiger partial charge in [-0.3, -0.25) is 0 Å². The summed E-state index contributed by atoms with van der Waals surface area (Å²) < 4.78 is 11.5. The first kappa shape index (κ1) is 11.2. The van der Waals surface area contributed by atoms with Gasteiger partial charge in [0.2, 0.25) is 0 Å². The molecule has 1 aromatic rings. The molecule has 2 nitrogen and oxygen atoms in total. The highest BCUT2D eigenvalue weighted by Gasteiger charge is 1.96. The van der Waals surface area contributed by atoms with Gasteiger partial charge in [0, 0.05) is 35.1 Å². The molecule has 74 valence electrons. The van der Waals surface area contributed by atoms with Crippen LogP contribution in [0.1, 0.15) is 11.3 Å². The minimum atomic E-state index is 0.708. The lowest BCUT2D eigenvalue weighted by molar-refractivity contribution is 0.0943. The van der Waals surface area contributed by atoms with Gasteiger partial charge >= 0.3 is 0 Å². The van der Waals surface area contributed by atoms with Crippen molar-refractivity contribution < 1.29 is 9.47 Å². The first-order chi connectivity index (χ1) is 6.33. The third-order valence-electron chi connectivity index (χ3n) is 1.50. The fourth-order valence-electron chi connectivity index (χ4n) is 0.908. The molecule has 0 bridgehead atoms. The van der Waals surface area contributed by atoms with Gasteiger partial charge in [0.05, 0.1) is 6.61 Å². The molecule has 0 atom stereocenters. The van der Waals surface area contributed by atoms with Gasteiger partial charge < -0.3 is 9.47 Å². The molecule has 0 aliphatic rings. The van der Waals surface area contributed by atoms with Crippen LogP contribution in [0, 0.1) is 0 Å². The van der Waals surface area contributed by atoms with Crippen molar-refractivity contribution >= 4 is 27.3 Å². The summed E-state index contributed by atoms with van der Waals surface area (Å²) in [5, 5.41) is 2.06. The molecule has 0 aromatic carbocycles. The van der Waals surface area contributed by atoms with Crippen LogP contribution in [0.25, 0.3) is 0 Å². The smallest absolute Gasteiger partial charge is 0.0809 e. The van der Waals surface area contributed by atoms with E-state index in [4.69, 9.17) is 9.47 Å². The number of halogens is 1. The highest BCUT2D eigenvalue weighted by Crippen LogP contribution is 2.20. The van der Waals surface area contributed by atoms with Crippen molar-refractivity contribution in [2.75, 3.05) is 20.3 Å². The van der Waals surface area contributed by atoms with E-state index in [-0.39, 0.29) is 0 Å². The largest absolute Gasteiger partial charge is 0.385 e. The Balaban J connectivity index is 2.06. The van der Waals surface area contributed by atoms with Gasteiger partial charge in [-0.15, -0.1) is 11.3 Å². The summed E-state index contributed by atoms with van der Waals surface area (Å²) in [6.07, 6.45) is 0.961. The molecule has 0 radical (unpaired) electrons. The molecule has 13 heavy (non-hydrogen) atoms. The van der Waals surface area contributed by atoms with Crippen molar-refractivity contribution in [1.29, 1.82) is 0 Å². The van der Waals surface area contributed by atoms with Crippen molar-refractivity contribution in [3.63, 3.8) is 0 Å². The highest BCUT2D eigenvalue weighted by molar-refractivity contribution is 9.10. The number of ether oxygens (including phenoxy) is 2. The Morgan fingerprint density at radius 2 is 2.31 bits per heavy atom. The molecule has 0 saturated heterocycles. The van der Waals surface area contributed by atoms with Crippen LogP contribution < -0.4 is 0 Å². The lowest BCUT2D eigenvalue weighted by Gasteiger charge is -2.01. The van der Waals surface area contributed by atoms with Gasteiger partial charge in [-0.05, 0) is 28.4 Å². The molecule has 0 unspecified atom stereocenters. The first-order valence-electron chi connectivity index (χ1n) is 4.12. The lowest BCUT2D eigenvalue weighted by atomic mass is 10.5. The zero-order chi connectivity index (χ0) is 9.52. The predicted molar refractivity (Wildman–Crippen MR) is 58.2 cm³/mol. The number of methoxy groups -OCH3 is 1. The fourth-order valence-corrected chi connectivity index (χ4v) is 2.29. The van der Waals surface area contributed by atoms with E-state index >= 15 is 0 Å². The van der Waals surface area contributed by atoms with E-state index in [0.29, 0.717) is 6.61 Å². The van der Waals surface area contributed by atoms with Crippen LogP contribution in [0.15, 0.2) is 15.9 Å². The molecule has 0 aliphatic heterocycles. The maximum Gasteiger partial charge on any atom is 0.0809 e. The summed E-state index contributed by atoms with van der Waals surface area (Å²) in [5.41, 5.74) is 0. The molecular weight excluding hydrogens is 252 g/mol. The van der Waals surface area contributed by atoms with Gasteiger partial charge in [0.15, 0.2) is 0 Å². The minimum Gasteiger partial charge on any atom is -0.385 e. The van der Waals surface area contributed by atoms with E-state index in [1.54, 1.807) is 18.4 Å². The predicted octanol–water partition coefficient (Wildman–Crippen LogP) is 3.06. The normalized spacial score (nSPS) is 10.6. The molecule has 0 aliphatic carbocycles. The first-order valence-corrected chi connectivity index (χ1v) is 5.80. The van der Waals surface area contributed by atoms with E-state index in [0.717, 1.165) is 24.1 Å². The summed E-state index contributed by atoms with van der Waals surface area (Å²) >= 11 is 5.11. The second kappa shape index (κ2) is 6.54. The molecule has 1 aromatic heterocycles. The van der Waals surface area contributed by atoms with Crippen molar-refractivity contribution in [2.45, 2.75) is 13.0 Å². The van der Waals surface area contributed by atoms with Crippen LogP contribution in [0.3, 0.4) is 0 Å². The molecule has 1 rings (SSSR count). The maximum atomic E-state index is 5.44. The Morgan fingerprint density at radius 3 is 2.92 bits per heavy atom. The summed E-state index contributed by atoms with van der Waals surface area (Å²) in [4.78, 5) is 1.25. The number of hydrogen-bond acceptors (Lipinski definition) is 3. The van der Waals surface area contributed by atoms with Crippen molar-refractivity contribution in [3.05, 3.63) is 20.8 Å². The molecule has 0 amide bonds. The molecule has 4 heteroatoms. The number of thiophene rings is 1. The third-order valence-corrected chi connectivity index (χ3v) is 3.17. The molecule has 0 saturated carbocycles. The van der Waals surface area contributed by atoms with Crippen molar-refractivity contribution in [1.82, 2.24) is 0 Å². The Kier molecular flexibility index (Phi) is 5.62. The molecule has 0 spiro atoms. The summed E-state index contributed by atoms with van der Waals surface area (Å²) in [6, 6.07) is 2.08. The summed E-state index contributed by atoms with van der Waals surface area (Å²) in [6.45, 7) is 2.25. The van der Waals surface area contributed by atoms with Gasteiger partial charge in [0.1, 0.15) is 0 Å². The zero-order valence-electron chi connectivity index (χ0n) is 7.59. The van der Waals surface area contributed by atoms with Gasteiger partial charge in [-0.25, -0.2) is 0 Å². The third kappa shape index (κ3) is 4.76. The molecular formula is C9H13BrO2S. The maximum absolute atomic E-state index is 5.44.